The van der Waals surface area contributed by atoms with Crippen LogP contribution in [-0.4, -0.2) is 44.2 Å². The Balaban J connectivity index is 1.66. The Labute approximate surface area is 126 Å². The van der Waals surface area contributed by atoms with Gasteiger partial charge >= 0.3 is 12.0 Å². The van der Waals surface area contributed by atoms with Crippen LogP contribution in [0.15, 0.2) is 10.6 Å². The van der Waals surface area contributed by atoms with Crippen LogP contribution >= 0.6 is 11.8 Å². The van der Waals surface area contributed by atoms with Gasteiger partial charge in [-0.25, -0.2) is 14.6 Å². The first-order valence-corrected chi connectivity index (χ1v) is 7.93. The number of hydrogen-bond acceptors (Lipinski definition) is 5. The monoisotopic (exact) mass is 311 g/mol. The first-order valence-electron chi connectivity index (χ1n) is 6.88. The molecule has 2 unspecified atom stereocenters. The number of rotatable bonds is 4. The zero-order valence-corrected chi connectivity index (χ0v) is 12.4. The molecule has 0 aromatic carbocycles. The lowest BCUT2D eigenvalue weighted by Gasteiger charge is -2.27. The topological polar surface area (TPSA) is 95.7 Å². The number of aryl methyl sites for hydroxylation is 1. The number of urea groups is 1. The summed E-state index contributed by atoms with van der Waals surface area (Å²) in [6, 6.07) is -1.12. The molecule has 2 aliphatic rings. The molecule has 2 amide bonds. The van der Waals surface area contributed by atoms with Crippen LogP contribution in [0.3, 0.4) is 0 Å². The van der Waals surface area contributed by atoms with E-state index in [0.29, 0.717) is 23.3 Å². The average molecular weight is 311 g/mol. The van der Waals surface area contributed by atoms with Crippen molar-refractivity contribution in [2.24, 2.45) is 5.92 Å². The Morgan fingerprint density at radius 3 is 2.90 bits per heavy atom. The molecule has 1 aromatic heterocycles. The fraction of sp³-hybridized carbons (Fsp3) is 0.615. The van der Waals surface area contributed by atoms with Crippen molar-refractivity contribution >= 4 is 23.8 Å². The molecule has 1 aliphatic carbocycles. The Kier molecular flexibility index (Phi) is 3.79. The van der Waals surface area contributed by atoms with E-state index in [0.717, 1.165) is 12.8 Å². The summed E-state index contributed by atoms with van der Waals surface area (Å²) in [7, 11) is 0. The molecular weight excluding hydrogens is 294 g/mol. The van der Waals surface area contributed by atoms with Gasteiger partial charge in [0.15, 0.2) is 0 Å². The Morgan fingerprint density at radius 2 is 2.33 bits per heavy atom. The molecule has 8 heteroatoms. The molecule has 2 heterocycles. The van der Waals surface area contributed by atoms with E-state index in [4.69, 9.17) is 4.42 Å². The number of amides is 2. The predicted octanol–water partition coefficient (Wildman–Crippen LogP) is 1.43. The highest BCUT2D eigenvalue weighted by atomic mass is 32.2. The number of carbonyl (C=O) groups excluding carboxylic acids is 1. The fourth-order valence-corrected chi connectivity index (χ4v) is 4.08. The Bertz CT molecular complexity index is 557. The summed E-state index contributed by atoms with van der Waals surface area (Å²) < 4.78 is 5.29. The van der Waals surface area contributed by atoms with Crippen molar-refractivity contribution in [2.75, 3.05) is 5.75 Å². The molecule has 0 bridgehead atoms. The predicted molar refractivity (Wildman–Crippen MR) is 75.7 cm³/mol. The number of aromatic nitrogens is 1. The van der Waals surface area contributed by atoms with Crippen molar-refractivity contribution in [2.45, 2.75) is 37.7 Å². The van der Waals surface area contributed by atoms with Gasteiger partial charge in [0.25, 0.3) is 0 Å². The molecule has 21 heavy (non-hydrogen) atoms. The van der Waals surface area contributed by atoms with E-state index in [2.05, 4.69) is 10.3 Å². The van der Waals surface area contributed by atoms with Gasteiger partial charge in [-0.2, -0.15) is 0 Å². The summed E-state index contributed by atoms with van der Waals surface area (Å²) >= 11 is 1.56. The molecule has 0 radical (unpaired) electrons. The summed E-state index contributed by atoms with van der Waals surface area (Å²) in [4.78, 5) is 29.2. The van der Waals surface area contributed by atoms with Crippen LogP contribution in [0.1, 0.15) is 24.5 Å². The average Bonchev–Trinajstić information content (AvgIpc) is 3.04. The lowest BCUT2D eigenvalue weighted by Crippen LogP contribution is -2.50. The molecule has 114 valence electrons. The van der Waals surface area contributed by atoms with E-state index < -0.39 is 12.0 Å². The minimum absolute atomic E-state index is 0.0302. The standard InChI is InChI=1S/C13H17N3O4S/c1-7-4-14-10(20-7)5-15-13(19)16-9(12(17)18)6-21-11(16)8-2-3-8/h4,8-9,11H,2-3,5-6H2,1H3,(H,15,19)(H,17,18). The highest BCUT2D eigenvalue weighted by molar-refractivity contribution is 8.00. The lowest BCUT2D eigenvalue weighted by atomic mass is 10.2. The highest BCUT2D eigenvalue weighted by Gasteiger charge is 2.48. The molecule has 1 aromatic rings. The minimum Gasteiger partial charge on any atom is -0.480 e. The first kappa shape index (κ1) is 14.2. The van der Waals surface area contributed by atoms with E-state index >= 15 is 0 Å². The van der Waals surface area contributed by atoms with E-state index in [1.807, 2.05) is 0 Å². The van der Waals surface area contributed by atoms with Crippen LogP contribution < -0.4 is 5.32 Å². The van der Waals surface area contributed by atoms with Crippen molar-refractivity contribution in [3.63, 3.8) is 0 Å². The smallest absolute Gasteiger partial charge is 0.327 e. The third kappa shape index (κ3) is 2.99. The molecule has 1 saturated carbocycles. The second kappa shape index (κ2) is 5.59. The van der Waals surface area contributed by atoms with Gasteiger partial charge in [0, 0.05) is 5.75 Å². The maximum absolute atomic E-state index is 12.4. The SMILES string of the molecule is Cc1cnc(CNC(=O)N2C(C(=O)O)CSC2C2CC2)o1. The zero-order chi connectivity index (χ0) is 15.0. The quantitative estimate of drug-likeness (QED) is 0.873. The second-order valence-corrected chi connectivity index (χ2v) is 6.50. The molecule has 2 fully saturated rings. The summed E-state index contributed by atoms with van der Waals surface area (Å²) in [5.74, 6) is 1.02. The second-order valence-electron chi connectivity index (χ2n) is 5.35. The van der Waals surface area contributed by atoms with E-state index in [-0.39, 0.29) is 17.9 Å². The third-order valence-electron chi connectivity index (χ3n) is 3.64. The van der Waals surface area contributed by atoms with Crippen LogP contribution in [0.4, 0.5) is 4.79 Å². The fourth-order valence-electron chi connectivity index (χ4n) is 2.45. The summed E-state index contributed by atoms with van der Waals surface area (Å²) in [5, 5.41) is 12.0. The maximum Gasteiger partial charge on any atom is 0.327 e. The van der Waals surface area contributed by atoms with Gasteiger partial charge < -0.3 is 14.8 Å². The highest BCUT2D eigenvalue weighted by Crippen LogP contribution is 2.45. The van der Waals surface area contributed by atoms with Crippen LogP contribution in [0.5, 0.6) is 0 Å². The largest absolute Gasteiger partial charge is 0.480 e. The molecule has 1 saturated heterocycles. The van der Waals surface area contributed by atoms with Crippen LogP contribution in [0.2, 0.25) is 0 Å². The molecule has 7 nitrogen and oxygen atoms in total. The first-order chi connectivity index (χ1) is 10.1. The number of hydrogen-bond donors (Lipinski definition) is 2. The van der Waals surface area contributed by atoms with Gasteiger partial charge in [-0.1, -0.05) is 0 Å². The zero-order valence-electron chi connectivity index (χ0n) is 11.6. The van der Waals surface area contributed by atoms with Crippen LogP contribution in [0.25, 0.3) is 0 Å². The molecular formula is C13H17N3O4S. The number of oxazole rings is 1. The normalized spacial score (nSPS) is 25.1. The van der Waals surface area contributed by atoms with Crippen molar-refractivity contribution in [3.8, 4) is 0 Å². The van der Waals surface area contributed by atoms with Crippen molar-refractivity contribution in [1.29, 1.82) is 0 Å². The molecule has 1 aliphatic heterocycles. The third-order valence-corrected chi connectivity index (χ3v) is 5.10. The minimum atomic E-state index is -0.951. The summed E-state index contributed by atoms with van der Waals surface area (Å²) in [6.07, 6.45) is 3.71. The lowest BCUT2D eigenvalue weighted by molar-refractivity contribution is -0.141. The van der Waals surface area contributed by atoms with E-state index in [1.165, 1.54) is 4.90 Å². The van der Waals surface area contributed by atoms with Gasteiger partial charge in [0.2, 0.25) is 5.89 Å². The Morgan fingerprint density at radius 1 is 1.57 bits per heavy atom. The molecule has 0 spiro atoms. The van der Waals surface area contributed by atoms with Gasteiger partial charge in [-0.15, -0.1) is 11.8 Å². The number of carboxylic acids is 1. The number of carbonyl (C=O) groups is 2. The van der Waals surface area contributed by atoms with Crippen LogP contribution in [0, 0.1) is 12.8 Å². The van der Waals surface area contributed by atoms with Gasteiger partial charge in [0.05, 0.1) is 18.1 Å². The summed E-state index contributed by atoms with van der Waals surface area (Å²) in [6.45, 7) is 1.94. The molecule has 3 rings (SSSR count). The van der Waals surface area contributed by atoms with E-state index in [9.17, 15) is 14.7 Å². The maximum atomic E-state index is 12.4. The number of aliphatic carboxylic acids is 1. The van der Waals surface area contributed by atoms with Crippen molar-refractivity contribution < 1.29 is 19.1 Å². The van der Waals surface area contributed by atoms with Crippen molar-refractivity contribution in [3.05, 3.63) is 17.8 Å². The number of carboxylic acid groups (broad SMARTS) is 1. The molecule has 2 N–H and O–H groups in total. The van der Waals surface area contributed by atoms with Crippen molar-refractivity contribution in [1.82, 2.24) is 15.2 Å². The number of nitrogens with zero attached hydrogens (tertiary/aromatic N) is 2. The van der Waals surface area contributed by atoms with Gasteiger partial charge in [-0.3, -0.25) is 4.90 Å². The number of thioether (sulfide) groups is 1. The van der Waals surface area contributed by atoms with Crippen LogP contribution in [-0.2, 0) is 11.3 Å². The van der Waals surface area contributed by atoms with E-state index in [1.54, 1.807) is 24.9 Å². The van der Waals surface area contributed by atoms with Gasteiger partial charge in [0.1, 0.15) is 11.8 Å². The summed E-state index contributed by atoms with van der Waals surface area (Å²) in [5.41, 5.74) is 0. The molecule has 2 atom stereocenters. The van der Waals surface area contributed by atoms with Gasteiger partial charge in [-0.05, 0) is 25.7 Å². The number of nitrogens with one attached hydrogen (secondary N) is 1. The Hall–Kier alpha value is -1.70.